The van der Waals surface area contributed by atoms with Gasteiger partial charge in [-0.15, -0.1) is 0 Å². The minimum atomic E-state index is -0.524. The predicted octanol–water partition coefficient (Wildman–Crippen LogP) is 4.61. The molecule has 0 aliphatic carbocycles. The first kappa shape index (κ1) is 29.1. The van der Waals surface area contributed by atoms with Crippen molar-refractivity contribution < 1.29 is 23.8 Å². The highest BCUT2D eigenvalue weighted by atomic mass is 16.6. The monoisotopic (exact) mass is 499 g/mol. The van der Waals surface area contributed by atoms with Crippen molar-refractivity contribution in [2.75, 3.05) is 33.7 Å². The number of benzene rings is 1. The molecule has 1 aromatic heterocycles. The minimum absolute atomic E-state index is 0.0986. The Kier molecular flexibility index (Phi) is 11.7. The van der Waals surface area contributed by atoms with Gasteiger partial charge in [0, 0.05) is 37.9 Å². The van der Waals surface area contributed by atoms with E-state index in [-0.39, 0.29) is 23.9 Å². The van der Waals surface area contributed by atoms with Crippen molar-refractivity contribution in [3.8, 4) is 17.2 Å². The predicted molar refractivity (Wildman–Crippen MR) is 141 cm³/mol. The van der Waals surface area contributed by atoms with E-state index in [2.05, 4.69) is 9.88 Å². The molecule has 8 heteroatoms. The van der Waals surface area contributed by atoms with Crippen LogP contribution in [0.25, 0.3) is 0 Å². The smallest absolute Gasteiger partial charge is 0.343 e. The quantitative estimate of drug-likeness (QED) is 0.277. The number of hydrogen-bond acceptors (Lipinski definition) is 7. The molecule has 0 atom stereocenters. The summed E-state index contributed by atoms with van der Waals surface area (Å²) in [7, 11) is 3.99. The van der Waals surface area contributed by atoms with Gasteiger partial charge >= 0.3 is 5.97 Å². The fourth-order valence-corrected chi connectivity index (χ4v) is 3.54. The average molecular weight is 500 g/mol. The number of rotatable bonds is 14. The number of hydrogen-bond donors (Lipinski definition) is 0. The van der Waals surface area contributed by atoms with Crippen molar-refractivity contribution >= 4 is 11.9 Å². The van der Waals surface area contributed by atoms with Crippen molar-refractivity contribution in [3.05, 3.63) is 47.8 Å². The second kappa shape index (κ2) is 14.4. The average Bonchev–Trinajstić information content (AvgIpc) is 2.80. The molecule has 0 N–H and O–H groups in total. The molecule has 1 aromatic carbocycles. The van der Waals surface area contributed by atoms with Crippen LogP contribution in [-0.4, -0.2) is 72.6 Å². The standard InChI is InChI=1S/C28H41N3O5/c1-8-31(18-17-30(6)7)26(32)14-9-11-23-19-22(15-16-29-23)28(33)36-27-24(34-20(2)3)12-10-13-25(27)35-21(4)5/h10,12-13,15-16,19-21H,8-9,11,14,17-18H2,1-7H3. The Balaban J connectivity index is 2.07. The number of pyridine rings is 1. The van der Waals surface area contributed by atoms with Gasteiger partial charge < -0.3 is 24.0 Å². The Morgan fingerprint density at radius 3 is 2.17 bits per heavy atom. The van der Waals surface area contributed by atoms with E-state index in [0.717, 1.165) is 12.2 Å². The highest BCUT2D eigenvalue weighted by Crippen LogP contribution is 2.39. The van der Waals surface area contributed by atoms with E-state index < -0.39 is 5.97 Å². The van der Waals surface area contributed by atoms with Crippen LogP contribution in [-0.2, 0) is 11.2 Å². The molecule has 198 valence electrons. The molecule has 0 unspecified atom stereocenters. The van der Waals surface area contributed by atoms with E-state index in [1.54, 1.807) is 36.5 Å². The SMILES string of the molecule is CCN(CCN(C)C)C(=O)CCCc1cc(C(=O)Oc2c(OC(C)C)cccc2OC(C)C)ccn1. The molecule has 0 aliphatic heterocycles. The molecule has 0 aliphatic rings. The number of likely N-dealkylation sites (N-methyl/N-ethyl adjacent to an activating group) is 2. The fourth-order valence-electron chi connectivity index (χ4n) is 3.54. The van der Waals surface area contributed by atoms with Gasteiger partial charge in [-0.25, -0.2) is 4.79 Å². The molecule has 36 heavy (non-hydrogen) atoms. The molecular formula is C28H41N3O5. The second-order valence-corrected chi connectivity index (χ2v) is 9.47. The Hall–Kier alpha value is -3.13. The highest BCUT2D eigenvalue weighted by molar-refractivity contribution is 5.91. The first-order valence-corrected chi connectivity index (χ1v) is 12.7. The van der Waals surface area contributed by atoms with Crippen LogP contribution in [0.5, 0.6) is 17.2 Å². The van der Waals surface area contributed by atoms with Crippen molar-refractivity contribution in [1.82, 2.24) is 14.8 Å². The summed E-state index contributed by atoms with van der Waals surface area (Å²) in [5, 5.41) is 0. The molecule has 2 rings (SSSR count). The van der Waals surface area contributed by atoms with Gasteiger partial charge in [0.05, 0.1) is 17.8 Å². The van der Waals surface area contributed by atoms with Gasteiger partial charge in [0.25, 0.3) is 0 Å². The Bertz CT molecular complexity index is 963. The Morgan fingerprint density at radius 2 is 1.61 bits per heavy atom. The summed E-state index contributed by atoms with van der Waals surface area (Å²) >= 11 is 0. The topological polar surface area (TPSA) is 81.2 Å². The summed E-state index contributed by atoms with van der Waals surface area (Å²) in [6, 6.07) is 8.64. The summed E-state index contributed by atoms with van der Waals surface area (Å²) in [4.78, 5) is 33.9. The summed E-state index contributed by atoms with van der Waals surface area (Å²) in [5.41, 5.74) is 1.11. The van der Waals surface area contributed by atoms with Crippen LogP contribution >= 0.6 is 0 Å². The van der Waals surface area contributed by atoms with Gasteiger partial charge in [-0.2, -0.15) is 0 Å². The van der Waals surface area contributed by atoms with E-state index >= 15 is 0 Å². The van der Waals surface area contributed by atoms with E-state index in [1.165, 1.54) is 0 Å². The van der Waals surface area contributed by atoms with Gasteiger partial charge in [0.1, 0.15) is 0 Å². The zero-order chi connectivity index (χ0) is 26.7. The maximum absolute atomic E-state index is 13.1. The number of para-hydroxylation sites is 1. The third-order valence-electron chi connectivity index (χ3n) is 5.29. The van der Waals surface area contributed by atoms with E-state index in [9.17, 15) is 9.59 Å². The van der Waals surface area contributed by atoms with Crippen LogP contribution in [0.1, 0.15) is 63.5 Å². The molecule has 0 radical (unpaired) electrons. The van der Waals surface area contributed by atoms with Crippen LogP contribution in [0, 0.1) is 0 Å². The normalized spacial score (nSPS) is 11.2. The molecule has 8 nitrogen and oxygen atoms in total. The number of amides is 1. The first-order valence-electron chi connectivity index (χ1n) is 12.7. The second-order valence-electron chi connectivity index (χ2n) is 9.47. The third kappa shape index (κ3) is 9.49. The van der Waals surface area contributed by atoms with Crippen LogP contribution in [0.4, 0.5) is 0 Å². The lowest BCUT2D eigenvalue weighted by molar-refractivity contribution is -0.131. The molecule has 1 amide bonds. The first-order chi connectivity index (χ1) is 17.1. The summed E-state index contributed by atoms with van der Waals surface area (Å²) in [5.74, 6) is 0.752. The molecule has 0 saturated heterocycles. The van der Waals surface area contributed by atoms with Gasteiger partial charge in [-0.1, -0.05) is 6.07 Å². The molecule has 0 spiro atoms. The zero-order valence-electron chi connectivity index (χ0n) is 22.7. The molecule has 2 aromatic rings. The van der Waals surface area contributed by atoms with Gasteiger partial charge in [0.15, 0.2) is 11.5 Å². The number of carbonyl (C=O) groups excluding carboxylic acids is 2. The van der Waals surface area contributed by atoms with Crippen LogP contribution in [0.2, 0.25) is 0 Å². The van der Waals surface area contributed by atoms with Crippen LogP contribution in [0.3, 0.4) is 0 Å². The fraction of sp³-hybridized carbons (Fsp3) is 0.536. The minimum Gasteiger partial charge on any atom is -0.487 e. The summed E-state index contributed by atoms with van der Waals surface area (Å²) in [6.07, 6.45) is 3.07. The largest absolute Gasteiger partial charge is 0.487 e. The highest BCUT2D eigenvalue weighted by Gasteiger charge is 2.20. The van der Waals surface area contributed by atoms with Crippen LogP contribution < -0.4 is 14.2 Å². The van der Waals surface area contributed by atoms with Crippen molar-refractivity contribution in [1.29, 1.82) is 0 Å². The lowest BCUT2D eigenvalue weighted by Crippen LogP contribution is -2.36. The molecular weight excluding hydrogens is 458 g/mol. The van der Waals surface area contributed by atoms with Gasteiger partial charge in [0.2, 0.25) is 11.7 Å². The maximum atomic E-state index is 13.1. The molecule has 0 fully saturated rings. The van der Waals surface area contributed by atoms with Gasteiger partial charge in [-0.05, 0) is 85.8 Å². The molecule has 0 bridgehead atoms. The Labute approximate surface area is 215 Å². The number of ether oxygens (including phenoxy) is 3. The van der Waals surface area contributed by atoms with Crippen LogP contribution in [0.15, 0.2) is 36.5 Å². The Morgan fingerprint density at radius 1 is 0.972 bits per heavy atom. The number of nitrogens with zero attached hydrogens (tertiary/aromatic N) is 3. The number of carbonyl (C=O) groups is 2. The van der Waals surface area contributed by atoms with E-state index in [0.29, 0.717) is 49.4 Å². The maximum Gasteiger partial charge on any atom is 0.343 e. The van der Waals surface area contributed by atoms with Crippen molar-refractivity contribution in [2.45, 2.75) is 66.1 Å². The number of esters is 1. The van der Waals surface area contributed by atoms with E-state index in [4.69, 9.17) is 14.2 Å². The number of aryl methyl sites for hydroxylation is 1. The summed E-state index contributed by atoms with van der Waals surface area (Å²) < 4.78 is 17.5. The summed E-state index contributed by atoms with van der Waals surface area (Å²) in [6.45, 7) is 11.9. The molecule has 1 heterocycles. The van der Waals surface area contributed by atoms with Crippen molar-refractivity contribution in [3.63, 3.8) is 0 Å². The third-order valence-corrected chi connectivity index (χ3v) is 5.29. The van der Waals surface area contributed by atoms with Gasteiger partial charge in [-0.3, -0.25) is 9.78 Å². The van der Waals surface area contributed by atoms with Crippen molar-refractivity contribution in [2.24, 2.45) is 0 Å². The lowest BCUT2D eigenvalue weighted by atomic mass is 10.1. The molecule has 0 saturated carbocycles. The number of aromatic nitrogens is 1. The lowest BCUT2D eigenvalue weighted by Gasteiger charge is -2.22. The zero-order valence-corrected chi connectivity index (χ0v) is 22.7. The van der Waals surface area contributed by atoms with E-state index in [1.807, 2.05) is 53.6 Å².